The third kappa shape index (κ3) is 5.70. The molecule has 2 amide bonds. The van der Waals surface area contributed by atoms with Gasteiger partial charge in [-0.1, -0.05) is 30.3 Å². The van der Waals surface area contributed by atoms with Crippen LogP contribution in [0.4, 0.5) is 4.39 Å². The molecule has 2 saturated heterocycles. The first-order valence-electron chi connectivity index (χ1n) is 11.2. The molecule has 164 valence electrons. The number of carbonyl (C=O) groups excluding carboxylic acids is 2. The number of nitrogens with zero attached hydrogens (tertiary/aromatic N) is 2. The zero-order chi connectivity index (χ0) is 21.6. The summed E-state index contributed by atoms with van der Waals surface area (Å²) in [5, 5.41) is 3.24. The fraction of sp³-hybridized carbons (Fsp3) is 0.440. The van der Waals surface area contributed by atoms with E-state index in [0.29, 0.717) is 31.5 Å². The Balaban J connectivity index is 1.19. The maximum Gasteiger partial charge on any atom is 0.253 e. The Labute approximate surface area is 183 Å². The molecular weight excluding hydrogens is 393 g/mol. The minimum Gasteiger partial charge on any atom is -0.353 e. The van der Waals surface area contributed by atoms with Gasteiger partial charge in [-0.15, -0.1) is 0 Å². The van der Waals surface area contributed by atoms with Gasteiger partial charge in [-0.2, -0.15) is 0 Å². The Bertz CT molecular complexity index is 871. The Morgan fingerprint density at radius 2 is 1.52 bits per heavy atom. The van der Waals surface area contributed by atoms with E-state index in [1.54, 1.807) is 4.90 Å². The molecule has 0 spiro atoms. The molecule has 1 N–H and O–H groups in total. The van der Waals surface area contributed by atoms with Gasteiger partial charge in [-0.25, -0.2) is 4.39 Å². The van der Waals surface area contributed by atoms with Crippen molar-refractivity contribution >= 4 is 11.8 Å². The van der Waals surface area contributed by atoms with Crippen molar-refractivity contribution in [2.45, 2.75) is 38.3 Å². The van der Waals surface area contributed by atoms with Crippen LogP contribution < -0.4 is 5.32 Å². The summed E-state index contributed by atoms with van der Waals surface area (Å²) in [5.74, 6) is -0.363. The van der Waals surface area contributed by atoms with Crippen LogP contribution in [-0.2, 0) is 11.3 Å². The summed E-state index contributed by atoms with van der Waals surface area (Å²) in [6.07, 6.45) is 3.29. The van der Waals surface area contributed by atoms with Gasteiger partial charge in [0.15, 0.2) is 0 Å². The first kappa shape index (κ1) is 21.5. The van der Waals surface area contributed by atoms with Gasteiger partial charge in [0.25, 0.3) is 5.91 Å². The first-order valence-corrected chi connectivity index (χ1v) is 11.2. The molecule has 0 aromatic heterocycles. The third-order valence-electron chi connectivity index (χ3n) is 6.43. The molecule has 6 heteroatoms. The minimum absolute atomic E-state index is 0.0420. The molecule has 2 aliphatic heterocycles. The number of piperidine rings is 2. The molecule has 31 heavy (non-hydrogen) atoms. The van der Waals surface area contributed by atoms with Gasteiger partial charge < -0.3 is 10.2 Å². The fourth-order valence-corrected chi connectivity index (χ4v) is 4.52. The van der Waals surface area contributed by atoms with Crippen LogP contribution in [0.25, 0.3) is 0 Å². The Morgan fingerprint density at radius 1 is 0.871 bits per heavy atom. The smallest absolute Gasteiger partial charge is 0.253 e. The number of likely N-dealkylation sites (tertiary alicyclic amines) is 2. The molecule has 0 aliphatic carbocycles. The van der Waals surface area contributed by atoms with Crippen molar-refractivity contribution in [2.24, 2.45) is 5.92 Å². The highest BCUT2D eigenvalue weighted by atomic mass is 19.1. The predicted octanol–water partition coefficient (Wildman–Crippen LogP) is 3.46. The highest BCUT2D eigenvalue weighted by Crippen LogP contribution is 2.21. The monoisotopic (exact) mass is 423 g/mol. The highest BCUT2D eigenvalue weighted by molar-refractivity contribution is 5.94. The Hall–Kier alpha value is -2.73. The Morgan fingerprint density at radius 3 is 2.16 bits per heavy atom. The molecule has 4 rings (SSSR count). The van der Waals surface area contributed by atoms with Crippen LogP contribution >= 0.6 is 0 Å². The van der Waals surface area contributed by atoms with Crippen LogP contribution in [-0.4, -0.2) is 53.8 Å². The largest absolute Gasteiger partial charge is 0.353 e. The molecule has 0 atom stereocenters. The maximum atomic E-state index is 13.1. The van der Waals surface area contributed by atoms with Crippen LogP contribution in [0.5, 0.6) is 0 Å². The summed E-state index contributed by atoms with van der Waals surface area (Å²) in [5.41, 5.74) is 1.82. The maximum absolute atomic E-state index is 13.1. The average Bonchev–Trinajstić information content (AvgIpc) is 2.81. The molecule has 0 saturated carbocycles. The zero-order valence-corrected chi connectivity index (χ0v) is 17.8. The van der Waals surface area contributed by atoms with Crippen LogP contribution in [0.1, 0.15) is 41.6 Å². The van der Waals surface area contributed by atoms with E-state index in [-0.39, 0.29) is 29.6 Å². The summed E-state index contributed by atoms with van der Waals surface area (Å²) in [6, 6.07) is 16.4. The third-order valence-corrected chi connectivity index (χ3v) is 6.43. The van der Waals surface area contributed by atoms with Crippen LogP contribution in [0.2, 0.25) is 0 Å². The second kappa shape index (κ2) is 10.1. The van der Waals surface area contributed by atoms with Crippen molar-refractivity contribution < 1.29 is 14.0 Å². The summed E-state index contributed by atoms with van der Waals surface area (Å²) in [7, 11) is 0. The van der Waals surface area contributed by atoms with Crippen LogP contribution in [0.15, 0.2) is 54.6 Å². The van der Waals surface area contributed by atoms with Crippen molar-refractivity contribution in [3.05, 3.63) is 71.5 Å². The van der Waals surface area contributed by atoms with E-state index in [9.17, 15) is 14.0 Å². The van der Waals surface area contributed by atoms with Gasteiger partial charge in [0.05, 0.1) is 0 Å². The van der Waals surface area contributed by atoms with E-state index < -0.39 is 0 Å². The molecule has 2 heterocycles. The summed E-state index contributed by atoms with van der Waals surface area (Å²) in [6.45, 7) is 4.06. The SMILES string of the molecule is O=C(NC1CCN(Cc2ccccc2)CC1)C1CCN(C(=O)c2ccc(F)cc2)CC1. The molecule has 0 bridgehead atoms. The number of benzene rings is 2. The quantitative estimate of drug-likeness (QED) is 0.801. The normalized spacial score (nSPS) is 18.7. The number of halogens is 1. The number of carbonyl (C=O) groups is 2. The lowest BCUT2D eigenvalue weighted by atomic mass is 9.94. The highest BCUT2D eigenvalue weighted by Gasteiger charge is 2.29. The van der Waals surface area contributed by atoms with Crippen molar-refractivity contribution in [2.75, 3.05) is 26.2 Å². The minimum atomic E-state index is -0.349. The van der Waals surface area contributed by atoms with Crippen LogP contribution in [0.3, 0.4) is 0 Å². The Kier molecular flexibility index (Phi) is 6.97. The second-order valence-corrected chi connectivity index (χ2v) is 8.62. The van der Waals surface area contributed by atoms with E-state index >= 15 is 0 Å². The standard InChI is InChI=1S/C25H30FN3O2/c26-22-8-6-21(7-9-22)25(31)29-16-10-20(11-17-29)24(30)27-23-12-14-28(15-13-23)18-19-4-2-1-3-5-19/h1-9,20,23H,10-18H2,(H,27,30). The lowest BCUT2D eigenvalue weighted by Crippen LogP contribution is -2.48. The molecule has 2 fully saturated rings. The lowest BCUT2D eigenvalue weighted by Gasteiger charge is -2.35. The van der Waals surface area contributed by atoms with Gasteiger partial charge in [0, 0.05) is 50.2 Å². The average molecular weight is 424 g/mol. The molecule has 2 aromatic carbocycles. The fourth-order valence-electron chi connectivity index (χ4n) is 4.52. The number of nitrogens with one attached hydrogen (secondary N) is 1. The molecule has 5 nitrogen and oxygen atoms in total. The molecule has 2 aromatic rings. The summed E-state index contributed by atoms with van der Waals surface area (Å²) >= 11 is 0. The van der Waals surface area contributed by atoms with Crippen molar-refractivity contribution in [1.82, 2.24) is 15.1 Å². The zero-order valence-electron chi connectivity index (χ0n) is 17.8. The van der Waals surface area contributed by atoms with Crippen molar-refractivity contribution in [3.63, 3.8) is 0 Å². The molecule has 2 aliphatic rings. The number of rotatable bonds is 5. The number of hydrogen-bond donors (Lipinski definition) is 1. The van der Waals surface area contributed by atoms with Gasteiger partial charge in [0.1, 0.15) is 5.82 Å². The second-order valence-electron chi connectivity index (χ2n) is 8.62. The van der Waals surface area contributed by atoms with E-state index in [0.717, 1.165) is 32.5 Å². The summed E-state index contributed by atoms with van der Waals surface area (Å²) < 4.78 is 13.1. The molecule has 0 radical (unpaired) electrons. The molecular formula is C25H30FN3O2. The number of amides is 2. The van der Waals surface area contributed by atoms with E-state index in [2.05, 4.69) is 34.5 Å². The van der Waals surface area contributed by atoms with Gasteiger partial charge >= 0.3 is 0 Å². The number of hydrogen-bond acceptors (Lipinski definition) is 3. The van der Waals surface area contributed by atoms with Crippen LogP contribution in [0, 0.1) is 11.7 Å². The van der Waals surface area contributed by atoms with Crippen molar-refractivity contribution in [1.29, 1.82) is 0 Å². The van der Waals surface area contributed by atoms with Gasteiger partial charge in [-0.05, 0) is 55.5 Å². The first-order chi connectivity index (χ1) is 15.1. The van der Waals surface area contributed by atoms with Gasteiger partial charge in [0.2, 0.25) is 5.91 Å². The van der Waals surface area contributed by atoms with Crippen molar-refractivity contribution in [3.8, 4) is 0 Å². The predicted molar refractivity (Wildman–Crippen MR) is 118 cm³/mol. The lowest BCUT2D eigenvalue weighted by molar-refractivity contribution is -0.127. The van der Waals surface area contributed by atoms with E-state index in [1.165, 1.54) is 29.8 Å². The topological polar surface area (TPSA) is 52.7 Å². The van der Waals surface area contributed by atoms with E-state index in [4.69, 9.17) is 0 Å². The van der Waals surface area contributed by atoms with E-state index in [1.807, 2.05) is 6.07 Å². The van der Waals surface area contributed by atoms with Gasteiger partial charge in [-0.3, -0.25) is 14.5 Å². The molecule has 0 unspecified atom stereocenters. The summed E-state index contributed by atoms with van der Waals surface area (Å²) in [4.78, 5) is 29.5.